The lowest BCUT2D eigenvalue weighted by Gasteiger charge is -2.35. The first-order valence-electron chi connectivity index (χ1n) is 27.0. The van der Waals surface area contributed by atoms with Crippen LogP contribution in [-0.2, 0) is 20.0 Å². The number of carbonyl (C=O) groups excluding carboxylic acids is 2. The van der Waals surface area contributed by atoms with E-state index in [2.05, 4.69) is 46.2 Å². The summed E-state index contributed by atoms with van der Waals surface area (Å²) in [4.78, 5) is 35.3. The highest BCUT2D eigenvalue weighted by molar-refractivity contribution is 9.10. The smallest absolute Gasteiger partial charge is 0.257 e. The number of anilines is 7. The van der Waals surface area contributed by atoms with Gasteiger partial charge in [-0.05, 0) is 160 Å². The molecule has 4 heterocycles. The number of benzene rings is 4. The summed E-state index contributed by atoms with van der Waals surface area (Å²) < 4.78 is 102. The van der Waals surface area contributed by atoms with Crippen molar-refractivity contribution in [1.82, 2.24) is 0 Å². The number of rotatable bonds is 14. The van der Waals surface area contributed by atoms with Crippen LogP contribution < -0.4 is 40.1 Å². The first-order valence-corrected chi connectivity index (χ1v) is 31.2. The molecule has 0 atom stereocenters. The van der Waals surface area contributed by atoms with Crippen molar-refractivity contribution in [2.24, 2.45) is 16.0 Å². The van der Waals surface area contributed by atoms with Crippen LogP contribution in [0.1, 0.15) is 109 Å². The number of carbonyl (C=O) groups is 2. The fourth-order valence-corrected chi connectivity index (χ4v) is 12.3. The molecule has 7 N–H and O–H groups in total. The molecule has 432 valence electrons. The number of halogens is 5. The third-order valence-corrected chi connectivity index (χ3v) is 18.6. The van der Waals surface area contributed by atoms with Crippen LogP contribution in [0.15, 0.2) is 77.3 Å². The van der Waals surface area contributed by atoms with Crippen LogP contribution in [-0.4, -0.2) is 128 Å². The molecule has 4 aromatic rings. The quantitative estimate of drug-likeness (QED) is 0.0651. The van der Waals surface area contributed by atoms with Crippen molar-refractivity contribution in [1.29, 1.82) is 0 Å². The van der Waals surface area contributed by atoms with Crippen molar-refractivity contribution in [2.45, 2.75) is 103 Å². The molecule has 2 spiro atoms. The minimum absolute atomic E-state index is 0.137. The van der Waals surface area contributed by atoms with Crippen molar-refractivity contribution in [3.05, 3.63) is 99.5 Å². The lowest BCUT2D eigenvalue weighted by molar-refractivity contribution is -0.0226. The molecule has 10 rings (SSSR count). The van der Waals surface area contributed by atoms with Gasteiger partial charge in [0.1, 0.15) is 0 Å². The second kappa shape index (κ2) is 24.5. The van der Waals surface area contributed by atoms with Crippen LogP contribution in [0.4, 0.5) is 57.4 Å². The van der Waals surface area contributed by atoms with Gasteiger partial charge in [0.25, 0.3) is 23.7 Å². The minimum atomic E-state index is -3.72. The third-order valence-electron chi connectivity index (χ3n) is 16.1. The maximum absolute atomic E-state index is 13.7. The molecule has 23 heteroatoms. The Morgan fingerprint density at radius 1 is 0.532 bits per heavy atom. The van der Waals surface area contributed by atoms with Crippen molar-refractivity contribution < 1.29 is 54.2 Å². The Morgan fingerprint density at radius 3 is 1.30 bits per heavy atom. The Balaban J connectivity index is 0.000000188. The second-order valence-corrected chi connectivity index (χ2v) is 26.8. The number of hydrogen-bond donors (Lipinski definition) is 6. The molecule has 0 radical (unpaired) electrons. The van der Waals surface area contributed by atoms with Gasteiger partial charge in [-0.15, -0.1) is 0 Å². The number of aliphatic hydroxyl groups excluding tert-OH is 2. The first kappa shape index (κ1) is 59.9. The van der Waals surface area contributed by atoms with Gasteiger partial charge in [-0.1, -0.05) is 15.9 Å². The summed E-state index contributed by atoms with van der Waals surface area (Å²) in [6.45, 7) is 7.61. The predicted molar refractivity (Wildman–Crippen MR) is 307 cm³/mol. The highest BCUT2D eigenvalue weighted by Crippen LogP contribution is 2.55. The first-order chi connectivity index (χ1) is 37.2. The zero-order chi connectivity index (χ0) is 57.0. The van der Waals surface area contributed by atoms with Crippen molar-refractivity contribution in [3.63, 3.8) is 0 Å². The number of amides is 2. The summed E-state index contributed by atoms with van der Waals surface area (Å²) in [5, 5.41) is 27.5. The van der Waals surface area contributed by atoms with Crippen LogP contribution in [0.25, 0.3) is 0 Å². The molecule has 79 heavy (non-hydrogen) atoms. The van der Waals surface area contributed by atoms with E-state index in [1.807, 2.05) is 78.2 Å². The van der Waals surface area contributed by atoms with E-state index in [9.17, 15) is 44.0 Å². The molecular formula is C56H73BrF4N8O8S2. The number of sulfonamides is 2. The van der Waals surface area contributed by atoms with E-state index in [1.54, 1.807) is 18.2 Å². The Morgan fingerprint density at radius 2 is 0.924 bits per heavy atom. The van der Waals surface area contributed by atoms with Gasteiger partial charge >= 0.3 is 0 Å². The van der Waals surface area contributed by atoms with Gasteiger partial charge in [0.2, 0.25) is 20.0 Å². The summed E-state index contributed by atoms with van der Waals surface area (Å²) >= 11 is 3.57. The van der Waals surface area contributed by atoms with Crippen LogP contribution in [0, 0.1) is 24.7 Å². The van der Waals surface area contributed by atoms with Crippen LogP contribution in [0.2, 0.25) is 0 Å². The van der Waals surface area contributed by atoms with Gasteiger partial charge in [0.15, 0.2) is 0 Å². The van der Waals surface area contributed by atoms with Crippen molar-refractivity contribution in [3.8, 4) is 0 Å². The topological polar surface area (TPSA) is 218 Å². The van der Waals surface area contributed by atoms with Crippen LogP contribution in [0.5, 0.6) is 0 Å². The average molecular weight is 1210 g/mol. The molecule has 6 aliphatic rings. The molecule has 16 nitrogen and oxygen atoms in total. The van der Waals surface area contributed by atoms with Crippen LogP contribution in [0.3, 0.4) is 0 Å². The van der Waals surface area contributed by atoms with E-state index in [0.717, 1.165) is 71.7 Å². The Bertz CT molecular complexity index is 3050. The van der Waals surface area contributed by atoms with Gasteiger partial charge in [-0.3, -0.25) is 14.3 Å². The highest BCUT2D eigenvalue weighted by atomic mass is 79.9. The highest BCUT2D eigenvalue weighted by Gasteiger charge is 2.46. The zero-order valence-corrected chi connectivity index (χ0v) is 48.0. The monoisotopic (exact) mass is 1200 g/mol. The normalized spacial score (nSPS) is 19.8. The summed E-state index contributed by atoms with van der Waals surface area (Å²) in [5.41, 5.74) is 8.85. The predicted octanol–water partition coefficient (Wildman–Crippen LogP) is 9.49. The maximum atomic E-state index is 13.7. The molecule has 4 saturated heterocycles. The Labute approximate surface area is 469 Å². The van der Waals surface area contributed by atoms with E-state index in [-0.39, 0.29) is 56.3 Å². The lowest BCUT2D eigenvalue weighted by Crippen LogP contribution is -2.39. The summed E-state index contributed by atoms with van der Waals surface area (Å²) in [6, 6.07) is 22.1. The van der Waals surface area contributed by atoms with Crippen molar-refractivity contribution >= 4 is 87.6 Å². The standard InChI is InChI=1S/C28H36F2N4O4S.C26H30BrF2N3O.C2H7NO3S/c1-20-16-22(18-23(17-20)33-12-8-28(29,30)9-13-33)31-26(36)24-3-2-21(32-39(37,38)15-14-35)19-25(24)34-10-6-27(4-5-27)7-11-34;1-18-14-20(17-21(15-18)31-12-8-26(28,29)9-13-31)30-24(33)22-3-2-19(27)16-23(22)32-10-6-25(4-5-25)7-11-32;3-7(5,6)2-1-4/h2-3,16-19,32,35H,4-15H2,1H3,(H,31,36);2-3,14-17H,4-13H2,1H3,(H,30,33);4H,1-2H2,(H2,3,5,6). The fourth-order valence-electron chi connectivity index (χ4n) is 10.9. The van der Waals surface area contributed by atoms with Gasteiger partial charge in [-0.2, -0.15) is 0 Å². The number of nitrogens with two attached hydrogens (primary N) is 1. The van der Waals surface area contributed by atoms with Gasteiger partial charge in [0, 0.05) is 105 Å². The Hall–Kier alpha value is -5.20. The minimum Gasteiger partial charge on any atom is -0.395 e. The van der Waals surface area contributed by atoms with Gasteiger partial charge in [-0.25, -0.2) is 39.5 Å². The largest absolute Gasteiger partial charge is 0.395 e. The number of aliphatic hydroxyl groups is 2. The molecule has 2 saturated carbocycles. The maximum Gasteiger partial charge on any atom is 0.257 e. The number of nitrogens with zero attached hydrogens (tertiary/aromatic N) is 4. The number of aryl methyl sites for hydroxylation is 2. The molecule has 4 aliphatic heterocycles. The van der Waals surface area contributed by atoms with E-state index in [4.69, 9.17) is 10.2 Å². The fraction of sp³-hybridized carbons (Fsp3) is 0.536. The van der Waals surface area contributed by atoms with Crippen molar-refractivity contribution in [2.75, 3.05) is 112 Å². The molecule has 4 aromatic carbocycles. The van der Waals surface area contributed by atoms with Gasteiger partial charge in [0.05, 0.1) is 52.9 Å². The third kappa shape index (κ3) is 16.7. The molecule has 2 amide bonds. The molecule has 0 aromatic heterocycles. The van der Waals surface area contributed by atoms with E-state index in [0.29, 0.717) is 57.8 Å². The number of primary sulfonamides is 1. The SMILES string of the molecule is Cc1cc(NC(=O)c2ccc(Br)cc2N2CCC3(CC2)CC3)cc(N2CCC(F)(F)CC2)c1.Cc1cc(NC(=O)c2ccc(NS(=O)(=O)CCO)cc2N2CCC3(CC2)CC3)cc(N2CCC(F)(F)CC2)c1.NS(=O)(=O)CCO. The van der Waals surface area contributed by atoms with E-state index < -0.39 is 50.9 Å². The molecule has 0 unspecified atom stereocenters. The van der Waals surface area contributed by atoms with Gasteiger partial charge < -0.3 is 40.4 Å². The van der Waals surface area contributed by atoms with E-state index in [1.165, 1.54) is 38.5 Å². The molecular weight excluding hydrogens is 1130 g/mol. The average Bonchev–Trinajstić information content (AvgIpc) is 4.33. The summed E-state index contributed by atoms with van der Waals surface area (Å²) in [6.07, 6.45) is 8.94. The molecule has 6 fully saturated rings. The van der Waals surface area contributed by atoms with E-state index >= 15 is 0 Å². The number of nitrogens with one attached hydrogen (secondary N) is 3. The van der Waals surface area contributed by atoms with Crippen LogP contribution >= 0.6 is 15.9 Å². The molecule has 2 aliphatic carbocycles. The molecule has 0 bridgehead atoms. The zero-order valence-electron chi connectivity index (χ0n) is 44.8. The second-order valence-electron chi connectivity index (χ2n) is 22.3. The lowest BCUT2D eigenvalue weighted by atomic mass is 9.93. The Kier molecular flexibility index (Phi) is 18.6. The number of alkyl halides is 4. The summed E-state index contributed by atoms with van der Waals surface area (Å²) in [5.74, 6) is -6.47. The number of hydrogen-bond acceptors (Lipinski definition) is 12. The summed E-state index contributed by atoms with van der Waals surface area (Å²) in [7, 11) is -7.14. The number of piperidine rings is 4.